The minimum atomic E-state index is -0.0349. The molecule has 0 fully saturated rings. The lowest BCUT2D eigenvalue weighted by Gasteiger charge is -2.18. The largest absolute Gasteiger partial charge is 0.496 e. The van der Waals surface area contributed by atoms with Crippen LogP contribution in [0.25, 0.3) is 21.7 Å². The lowest BCUT2D eigenvalue weighted by Crippen LogP contribution is -2.29. The van der Waals surface area contributed by atoms with Gasteiger partial charge in [-0.3, -0.25) is 4.79 Å². The number of anilines is 1. The highest BCUT2D eigenvalue weighted by molar-refractivity contribution is 6.15. The number of rotatable bonds is 6. The molecule has 5 rings (SSSR count). The van der Waals surface area contributed by atoms with Crippen molar-refractivity contribution in [3.05, 3.63) is 65.9 Å². The molecule has 0 aliphatic carbocycles. The van der Waals surface area contributed by atoms with Gasteiger partial charge in [0.15, 0.2) is 0 Å². The fraction of sp³-hybridized carbons (Fsp3) is 0.345. The van der Waals surface area contributed by atoms with Crippen molar-refractivity contribution in [1.82, 2.24) is 9.88 Å². The highest BCUT2D eigenvalue weighted by Gasteiger charge is 2.29. The number of alkyl halides is 1. The summed E-state index contributed by atoms with van der Waals surface area (Å²) in [5.41, 5.74) is 3.62. The number of aromatic amines is 1. The fourth-order valence-electron chi connectivity index (χ4n) is 4.42. The molecular weight excluding hydrogens is 474 g/mol. The summed E-state index contributed by atoms with van der Waals surface area (Å²) in [6.45, 7) is 6.12. The van der Waals surface area contributed by atoms with Gasteiger partial charge in [-0.15, -0.1) is 11.6 Å². The van der Waals surface area contributed by atoms with Gasteiger partial charge in [-0.25, -0.2) is 0 Å². The van der Waals surface area contributed by atoms with E-state index in [2.05, 4.69) is 33.6 Å². The molecule has 0 spiro atoms. The Hall–Kier alpha value is -3.22. The number of hydrogen-bond donors (Lipinski definition) is 1. The fourth-order valence-corrected chi connectivity index (χ4v) is 4.42. The molecule has 1 aromatic heterocycles. The normalized spacial score (nSPS) is 12.1. The van der Waals surface area contributed by atoms with Crippen LogP contribution in [0, 0.1) is 0 Å². The van der Waals surface area contributed by atoms with Crippen LogP contribution in [-0.4, -0.2) is 63.1 Å². The van der Waals surface area contributed by atoms with Crippen LogP contribution in [0.5, 0.6) is 11.5 Å². The van der Waals surface area contributed by atoms with Crippen molar-refractivity contribution in [1.29, 1.82) is 0 Å². The quantitative estimate of drug-likeness (QED) is 0.307. The summed E-state index contributed by atoms with van der Waals surface area (Å²) in [5, 5.41) is 3.19. The van der Waals surface area contributed by atoms with Gasteiger partial charge in [-0.1, -0.05) is 38.1 Å². The van der Waals surface area contributed by atoms with Crippen LogP contribution >= 0.6 is 11.6 Å². The average Bonchev–Trinajstić information content (AvgIpc) is 3.54. The first-order valence-corrected chi connectivity index (χ1v) is 13.0. The number of fused-ring (bicyclic) bond motifs is 4. The van der Waals surface area contributed by atoms with E-state index < -0.39 is 0 Å². The van der Waals surface area contributed by atoms with Gasteiger partial charge in [0.05, 0.1) is 12.8 Å². The Balaban J connectivity index is 0.000000861. The maximum atomic E-state index is 13.5. The van der Waals surface area contributed by atoms with Gasteiger partial charge in [0.2, 0.25) is 0 Å². The topological polar surface area (TPSA) is 57.8 Å². The van der Waals surface area contributed by atoms with Crippen LogP contribution in [0.15, 0.2) is 54.6 Å². The van der Waals surface area contributed by atoms with Crippen molar-refractivity contribution >= 4 is 44.9 Å². The summed E-state index contributed by atoms with van der Waals surface area (Å²) in [4.78, 5) is 20.7. The molecule has 36 heavy (non-hydrogen) atoms. The van der Waals surface area contributed by atoms with E-state index in [1.807, 2.05) is 75.3 Å². The molecule has 0 saturated carbocycles. The lowest BCUT2D eigenvalue weighted by atomic mass is 10.0. The van der Waals surface area contributed by atoms with Crippen LogP contribution in [0.1, 0.15) is 29.9 Å². The van der Waals surface area contributed by atoms with Crippen molar-refractivity contribution in [3.8, 4) is 11.5 Å². The molecule has 6 nitrogen and oxygen atoms in total. The Morgan fingerprint density at radius 3 is 2.47 bits per heavy atom. The van der Waals surface area contributed by atoms with Crippen molar-refractivity contribution in [2.45, 2.75) is 20.3 Å². The molecule has 0 radical (unpaired) electrons. The molecule has 1 aliphatic heterocycles. The van der Waals surface area contributed by atoms with E-state index in [4.69, 9.17) is 9.47 Å². The van der Waals surface area contributed by atoms with Crippen molar-refractivity contribution in [2.24, 2.45) is 0 Å². The molecule has 2 heterocycles. The van der Waals surface area contributed by atoms with Gasteiger partial charge in [0.25, 0.3) is 5.91 Å². The second-order valence-electron chi connectivity index (χ2n) is 8.41. The molecule has 1 aliphatic rings. The van der Waals surface area contributed by atoms with E-state index in [9.17, 15) is 4.79 Å². The van der Waals surface area contributed by atoms with Gasteiger partial charge < -0.3 is 24.3 Å². The van der Waals surface area contributed by atoms with Gasteiger partial charge in [0.1, 0.15) is 23.8 Å². The SMILES string of the molecule is CC.CCl.COc1cc2c(c3ccccc13)CCN2C(=O)c1cc2cc(OCCN(C)C)ccc2[nH]1. The lowest BCUT2D eigenvalue weighted by molar-refractivity contribution is 0.0985. The molecule has 1 amide bonds. The highest BCUT2D eigenvalue weighted by Crippen LogP contribution is 2.40. The van der Waals surface area contributed by atoms with E-state index in [1.54, 1.807) is 7.11 Å². The Labute approximate surface area is 218 Å². The maximum absolute atomic E-state index is 13.5. The predicted octanol–water partition coefficient (Wildman–Crippen LogP) is 6.35. The number of nitrogens with zero attached hydrogens (tertiary/aromatic N) is 2. The van der Waals surface area contributed by atoms with E-state index in [0.29, 0.717) is 18.8 Å². The summed E-state index contributed by atoms with van der Waals surface area (Å²) in [6.07, 6.45) is 2.30. The van der Waals surface area contributed by atoms with Gasteiger partial charge >= 0.3 is 0 Å². The van der Waals surface area contributed by atoms with Crippen molar-refractivity contribution in [2.75, 3.05) is 52.2 Å². The Bertz CT molecular complexity index is 1320. The number of methoxy groups -OCH3 is 1. The number of carbonyl (C=O) groups is 1. The van der Waals surface area contributed by atoms with Crippen molar-refractivity contribution in [3.63, 3.8) is 0 Å². The number of hydrogen-bond acceptors (Lipinski definition) is 4. The first-order chi connectivity index (χ1) is 17.5. The minimum Gasteiger partial charge on any atom is -0.496 e. The third-order valence-corrected chi connectivity index (χ3v) is 6.07. The van der Waals surface area contributed by atoms with Crippen LogP contribution in [0.2, 0.25) is 0 Å². The van der Waals surface area contributed by atoms with Gasteiger partial charge in [-0.05, 0) is 55.7 Å². The van der Waals surface area contributed by atoms with Crippen LogP contribution in [-0.2, 0) is 6.42 Å². The molecule has 7 heteroatoms. The molecule has 1 N–H and O–H groups in total. The Morgan fingerprint density at radius 2 is 1.78 bits per heavy atom. The van der Waals surface area contributed by atoms with E-state index >= 15 is 0 Å². The van der Waals surface area contributed by atoms with Gasteiger partial charge in [-0.2, -0.15) is 0 Å². The summed E-state index contributed by atoms with van der Waals surface area (Å²) < 4.78 is 11.5. The summed E-state index contributed by atoms with van der Waals surface area (Å²) in [7, 11) is 5.71. The highest BCUT2D eigenvalue weighted by atomic mass is 35.5. The second kappa shape index (κ2) is 12.7. The van der Waals surface area contributed by atoms with Gasteiger partial charge in [0, 0.05) is 41.8 Å². The molecule has 0 saturated heterocycles. The smallest absolute Gasteiger partial charge is 0.274 e. The second-order valence-corrected chi connectivity index (χ2v) is 8.41. The number of ether oxygens (including phenoxy) is 2. The molecule has 0 unspecified atom stereocenters. The number of amides is 1. The molecule has 0 atom stereocenters. The van der Waals surface area contributed by atoms with Crippen LogP contribution < -0.4 is 14.4 Å². The average molecular weight is 510 g/mol. The first-order valence-electron chi connectivity index (χ1n) is 12.2. The number of benzene rings is 3. The number of H-pyrrole nitrogens is 1. The predicted molar refractivity (Wildman–Crippen MR) is 151 cm³/mol. The first kappa shape index (κ1) is 27.4. The molecule has 0 bridgehead atoms. The zero-order valence-electron chi connectivity index (χ0n) is 22.0. The summed E-state index contributed by atoms with van der Waals surface area (Å²) in [6, 6.07) is 18.0. The molecule has 3 aromatic carbocycles. The van der Waals surface area contributed by atoms with E-state index in [1.165, 1.54) is 11.9 Å². The van der Waals surface area contributed by atoms with E-state index in [0.717, 1.165) is 51.8 Å². The monoisotopic (exact) mass is 509 g/mol. The number of carbonyl (C=O) groups excluding carboxylic acids is 1. The summed E-state index contributed by atoms with van der Waals surface area (Å²) >= 11 is 4.64. The molecular formula is C29H36ClN3O3. The maximum Gasteiger partial charge on any atom is 0.274 e. The molecule has 4 aromatic rings. The Morgan fingerprint density at radius 1 is 1.06 bits per heavy atom. The number of nitrogens with one attached hydrogen (secondary N) is 1. The standard InChI is InChI=1S/C26H27N3O3.C2H6.CH3Cl/c1-28(2)12-13-32-18-8-9-22-17(14-18)15-23(27-22)26(30)29-11-10-20-19-6-4-5-7-21(19)25(31-3)16-24(20)29;2*1-2/h4-9,14-16,27H,10-13H2,1-3H3;1-2H3;1H3. The van der Waals surface area contributed by atoms with Crippen LogP contribution in [0.4, 0.5) is 5.69 Å². The Kier molecular flexibility index (Phi) is 9.62. The van der Waals surface area contributed by atoms with Crippen LogP contribution in [0.3, 0.4) is 0 Å². The number of likely N-dealkylation sites (N-methyl/N-ethyl adjacent to an activating group) is 1. The zero-order valence-corrected chi connectivity index (χ0v) is 22.8. The third-order valence-electron chi connectivity index (χ3n) is 6.07. The minimum absolute atomic E-state index is 0.0349. The van der Waals surface area contributed by atoms with Crippen molar-refractivity contribution < 1.29 is 14.3 Å². The number of aromatic nitrogens is 1. The zero-order chi connectivity index (χ0) is 26.2. The van der Waals surface area contributed by atoms with E-state index in [-0.39, 0.29) is 5.91 Å². The third kappa shape index (κ3) is 5.61. The summed E-state index contributed by atoms with van der Waals surface area (Å²) in [5.74, 6) is 1.56. The molecule has 192 valence electrons. The number of halogens is 1.